The summed E-state index contributed by atoms with van der Waals surface area (Å²) in [5, 5.41) is 6.47. The van der Waals surface area contributed by atoms with Crippen LogP contribution in [-0.4, -0.2) is 41.0 Å². The molecule has 3 heterocycles. The molecule has 0 bridgehead atoms. The Hall–Kier alpha value is -0.690. The van der Waals surface area contributed by atoms with E-state index in [1.54, 1.807) is 22.7 Å². The van der Waals surface area contributed by atoms with Gasteiger partial charge >= 0.3 is 0 Å². The number of rotatable bonds is 5. The molecule has 1 aliphatic heterocycles. The Balaban J connectivity index is 1.64. The van der Waals surface area contributed by atoms with Crippen molar-refractivity contribution in [1.82, 2.24) is 14.9 Å². The van der Waals surface area contributed by atoms with E-state index in [-0.39, 0.29) is 0 Å². The maximum Gasteiger partial charge on any atom is 0.185 e. The van der Waals surface area contributed by atoms with Crippen LogP contribution < -0.4 is 4.90 Å². The summed E-state index contributed by atoms with van der Waals surface area (Å²) in [5.41, 5.74) is 0.997. The van der Waals surface area contributed by atoms with Crippen molar-refractivity contribution in [3.63, 3.8) is 0 Å². The molecule has 0 spiro atoms. The van der Waals surface area contributed by atoms with Crippen molar-refractivity contribution < 1.29 is 0 Å². The van der Waals surface area contributed by atoms with E-state index >= 15 is 0 Å². The van der Waals surface area contributed by atoms with Crippen molar-refractivity contribution in [3.8, 4) is 0 Å². The SMILES string of the molecule is CCC(c1nc(CCl)cs1)N1CCN(c2nccs2)CC1. The standard InChI is InChI=1S/C14H19ClN4S2/c1-2-12(13-17-11(9-15)10-21-13)18-4-6-19(7-5-18)14-16-3-8-20-14/h3,8,10,12H,2,4-7,9H2,1H3. The second-order valence-corrected chi connectivity index (χ2v) is 7.10. The molecule has 0 N–H and O–H groups in total. The molecule has 1 atom stereocenters. The lowest BCUT2D eigenvalue weighted by Crippen LogP contribution is -2.47. The van der Waals surface area contributed by atoms with E-state index in [0.29, 0.717) is 11.9 Å². The number of alkyl halides is 1. The molecule has 1 unspecified atom stereocenters. The largest absolute Gasteiger partial charge is 0.346 e. The van der Waals surface area contributed by atoms with Gasteiger partial charge in [-0.25, -0.2) is 9.97 Å². The summed E-state index contributed by atoms with van der Waals surface area (Å²) < 4.78 is 0. The van der Waals surface area contributed by atoms with Crippen molar-refractivity contribution in [1.29, 1.82) is 0 Å². The highest BCUT2D eigenvalue weighted by atomic mass is 35.5. The number of halogens is 1. The summed E-state index contributed by atoms with van der Waals surface area (Å²) >= 11 is 9.32. The van der Waals surface area contributed by atoms with Crippen LogP contribution in [-0.2, 0) is 5.88 Å². The lowest BCUT2D eigenvalue weighted by molar-refractivity contribution is 0.180. The Kier molecular flexibility index (Phi) is 5.11. The van der Waals surface area contributed by atoms with Crippen LogP contribution in [0.2, 0.25) is 0 Å². The van der Waals surface area contributed by atoms with E-state index in [9.17, 15) is 0 Å². The van der Waals surface area contributed by atoms with Crippen LogP contribution in [0, 0.1) is 0 Å². The van der Waals surface area contributed by atoms with Crippen LogP contribution in [0.25, 0.3) is 0 Å². The van der Waals surface area contributed by atoms with Gasteiger partial charge in [-0.2, -0.15) is 0 Å². The molecule has 114 valence electrons. The third-order valence-electron chi connectivity index (χ3n) is 3.82. The van der Waals surface area contributed by atoms with Gasteiger partial charge in [0.2, 0.25) is 0 Å². The highest BCUT2D eigenvalue weighted by Gasteiger charge is 2.26. The average Bonchev–Trinajstić information content (AvgIpc) is 3.20. The molecular formula is C14H19ClN4S2. The van der Waals surface area contributed by atoms with Gasteiger partial charge in [-0.05, 0) is 6.42 Å². The van der Waals surface area contributed by atoms with E-state index in [1.807, 2.05) is 11.6 Å². The van der Waals surface area contributed by atoms with E-state index in [4.69, 9.17) is 11.6 Å². The Morgan fingerprint density at radius 1 is 1.29 bits per heavy atom. The maximum absolute atomic E-state index is 5.87. The van der Waals surface area contributed by atoms with E-state index in [2.05, 4.69) is 32.1 Å². The van der Waals surface area contributed by atoms with Crippen molar-refractivity contribution >= 4 is 39.4 Å². The smallest absolute Gasteiger partial charge is 0.185 e. The van der Waals surface area contributed by atoms with Gasteiger partial charge in [0.25, 0.3) is 0 Å². The Morgan fingerprint density at radius 2 is 2.10 bits per heavy atom. The van der Waals surface area contributed by atoms with Crippen molar-refractivity contribution in [2.24, 2.45) is 0 Å². The van der Waals surface area contributed by atoms with E-state index < -0.39 is 0 Å². The van der Waals surface area contributed by atoms with Gasteiger partial charge in [0.15, 0.2) is 5.13 Å². The van der Waals surface area contributed by atoms with Crippen LogP contribution in [0.4, 0.5) is 5.13 Å². The van der Waals surface area contributed by atoms with Crippen LogP contribution >= 0.6 is 34.3 Å². The third-order valence-corrected chi connectivity index (χ3v) is 5.92. The number of hydrogen-bond acceptors (Lipinski definition) is 6. The first-order chi connectivity index (χ1) is 10.3. The molecule has 1 saturated heterocycles. The number of thiazole rings is 2. The van der Waals surface area contributed by atoms with Crippen LogP contribution in [0.1, 0.15) is 30.1 Å². The molecule has 0 saturated carbocycles. The normalized spacial score (nSPS) is 18.1. The molecule has 0 aromatic carbocycles. The predicted molar refractivity (Wildman–Crippen MR) is 90.6 cm³/mol. The second-order valence-electron chi connectivity index (χ2n) is 5.07. The Bertz CT molecular complexity index is 549. The lowest BCUT2D eigenvalue weighted by atomic mass is 10.1. The molecule has 2 aromatic rings. The van der Waals surface area contributed by atoms with Crippen molar-refractivity contribution in [2.45, 2.75) is 25.3 Å². The van der Waals surface area contributed by atoms with E-state index in [1.165, 1.54) is 5.01 Å². The van der Waals surface area contributed by atoms with Gasteiger partial charge in [-0.15, -0.1) is 34.3 Å². The molecule has 0 aliphatic carbocycles. The first-order valence-electron chi connectivity index (χ1n) is 7.20. The fourth-order valence-corrected chi connectivity index (χ4v) is 4.68. The Morgan fingerprint density at radius 3 is 2.67 bits per heavy atom. The zero-order valence-corrected chi connectivity index (χ0v) is 14.4. The fraction of sp³-hybridized carbons (Fsp3) is 0.571. The summed E-state index contributed by atoms with van der Waals surface area (Å²) in [4.78, 5) is 14.0. The molecule has 1 aliphatic rings. The first kappa shape index (κ1) is 15.2. The molecule has 7 heteroatoms. The van der Waals surface area contributed by atoms with Gasteiger partial charge < -0.3 is 4.90 Å². The van der Waals surface area contributed by atoms with Crippen LogP contribution in [0.3, 0.4) is 0 Å². The number of piperazine rings is 1. The summed E-state index contributed by atoms with van der Waals surface area (Å²) in [5.74, 6) is 0.505. The minimum Gasteiger partial charge on any atom is -0.346 e. The van der Waals surface area contributed by atoms with Gasteiger partial charge in [0.05, 0.1) is 17.6 Å². The molecule has 21 heavy (non-hydrogen) atoms. The monoisotopic (exact) mass is 342 g/mol. The quantitative estimate of drug-likeness (QED) is 0.777. The van der Waals surface area contributed by atoms with Crippen molar-refractivity contribution in [3.05, 3.63) is 27.7 Å². The molecule has 3 rings (SSSR count). The Labute approximate surface area is 138 Å². The zero-order chi connectivity index (χ0) is 14.7. The average molecular weight is 343 g/mol. The summed E-state index contributed by atoms with van der Waals surface area (Å²) in [6.45, 7) is 6.44. The summed E-state index contributed by atoms with van der Waals surface area (Å²) in [6.07, 6.45) is 2.97. The van der Waals surface area contributed by atoms with Gasteiger partial charge in [0, 0.05) is 43.1 Å². The molecule has 1 fully saturated rings. The minimum atomic E-state index is 0.422. The lowest BCUT2D eigenvalue weighted by Gasteiger charge is -2.38. The first-order valence-corrected chi connectivity index (χ1v) is 9.50. The van der Waals surface area contributed by atoms with Crippen LogP contribution in [0.5, 0.6) is 0 Å². The molecule has 0 radical (unpaired) electrons. The molecular weight excluding hydrogens is 324 g/mol. The number of aromatic nitrogens is 2. The van der Waals surface area contributed by atoms with Gasteiger partial charge in [-0.3, -0.25) is 4.90 Å². The predicted octanol–water partition coefficient (Wildman–Crippen LogP) is 3.61. The number of anilines is 1. The topological polar surface area (TPSA) is 32.3 Å². The highest BCUT2D eigenvalue weighted by Crippen LogP contribution is 2.29. The van der Waals surface area contributed by atoms with Crippen LogP contribution in [0.15, 0.2) is 17.0 Å². The zero-order valence-electron chi connectivity index (χ0n) is 12.0. The van der Waals surface area contributed by atoms with Gasteiger partial charge in [0.1, 0.15) is 5.01 Å². The number of hydrogen-bond donors (Lipinski definition) is 0. The van der Waals surface area contributed by atoms with Crippen molar-refractivity contribution in [2.75, 3.05) is 31.1 Å². The summed E-state index contributed by atoms with van der Waals surface area (Å²) in [6, 6.07) is 0.422. The number of nitrogens with zero attached hydrogens (tertiary/aromatic N) is 4. The molecule has 0 amide bonds. The maximum atomic E-state index is 5.87. The second kappa shape index (κ2) is 7.05. The van der Waals surface area contributed by atoms with Gasteiger partial charge in [-0.1, -0.05) is 6.92 Å². The molecule has 4 nitrogen and oxygen atoms in total. The van der Waals surface area contributed by atoms with E-state index in [0.717, 1.165) is 43.4 Å². The third kappa shape index (κ3) is 3.39. The minimum absolute atomic E-state index is 0.422. The highest BCUT2D eigenvalue weighted by molar-refractivity contribution is 7.13. The molecule has 2 aromatic heterocycles. The fourth-order valence-electron chi connectivity index (χ4n) is 2.72. The summed E-state index contributed by atoms with van der Waals surface area (Å²) in [7, 11) is 0.